The molecule has 6 heteroatoms. The van der Waals surface area contributed by atoms with E-state index in [9.17, 15) is 14.9 Å². The van der Waals surface area contributed by atoms with Crippen molar-refractivity contribution >= 4 is 11.7 Å². The third-order valence-corrected chi connectivity index (χ3v) is 4.91. The predicted octanol–water partition coefficient (Wildman–Crippen LogP) is 3.65. The van der Waals surface area contributed by atoms with Crippen LogP contribution in [-0.2, 0) is 24.0 Å². The largest absolute Gasteiger partial charge is 0.462 e. The van der Waals surface area contributed by atoms with Crippen LogP contribution in [0.2, 0.25) is 0 Å². The summed E-state index contributed by atoms with van der Waals surface area (Å²) < 4.78 is 5.37. The van der Waals surface area contributed by atoms with Crippen molar-refractivity contribution in [2.45, 2.75) is 38.6 Å². The summed E-state index contributed by atoms with van der Waals surface area (Å²) in [4.78, 5) is 22.8. The average Bonchev–Trinajstić information content (AvgIpc) is 3.15. The number of fused-ring (bicyclic) bond motifs is 1. The summed E-state index contributed by atoms with van der Waals surface area (Å²) in [6.45, 7) is 2.85. The first kappa shape index (κ1) is 18.9. The van der Waals surface area contributed by atoms with Gasteiger partial charge in [-0.3, -0.25) is 10.1 Å². The van der Waals surface area contributed by atoms with Gasteiger partial charge in [-0.1, -0.05) is 24.3 Å². The first-order chi connectivity index (χ1) is 13.1. The summed E-state index contributed by atoms with van der Waals surface area (Å²) in [5.41, 5.74) is 5.10. The summed E-state index contributed by atoms with van der Waals surface area (Å²) in [5, 5.41) is 14.4. The van der Waals surface area contributed by atoms with Gasteiger partial charge in [0.25, 0.3) is 0 Å². The Hall–Kier alpha value is -2.89. The minimum atomic E-state index is -0.618. The Balaban J connectivity index is 1.64. The molecule has 1 atom stereocenters. The highest BCUT2D eigenvalue weighted by Crippen LogP contribution is 2.30. The van der Waals surface area contributed by atoms with Crippen LogP contribution in [0.5, 0.6) is 0 Å². The minimum absolute atomic E-state index is 0.239. The molecular weight excluding hydrogens is 344 g/mol. The van der Waals surface area contributed by atoms with Gasteiger partial charge in [-0.2, -0.15) is 0 Å². The molecule has 1 unspecified atom stereocenters. The molecule has 2 aromatic rings. The van der Waals surface area contributed by atoms with E-state index in [0.29, 0.717) is 25.0 Å². The van der Waals surface area contributed by atoms with E-state index in [1.54, 1.807) is 31.2 Å². The molecule has 1 heterocycles. The number of hydrogen-bond acceptors (Lipinski definition) is 5. The van der Waals surface area contributed by atoms with Crippen molar-refractivity contribution in [3.05, 3.63) is 74.8 Å². The van der Waals surface area contributed by atoms with Crippen molar-refractivity contribution in [1.29, 1.82) is 0 Å². The number of nitro groups is 1. The number of hydrogen-bond donors (Lipinski definition) is 1. The van der Waals surface area contributed by atoms with E-state index in [-0.39, 0.29) is 10.9 Å². The molecule has 0 fully saturated rings. The Kier molecular flexibility index (Phi) is 6.06. The third kappa shape index (κ3) is 4.64. The zero-order valence-electron chi connectivity index (χ0n) is 15.4. The SMILES string of the molecule is CC(Cc1ccc2c(c1CCCOC(=O)c1ccccc1)CCN2)[N+](=O)[O-]. The molecule has 0 aliphatic carbocycles. The fourth-order valence-corrected chi connectivity index (χ4v) is 3.48. The van der Waals surface area contributed by atoms with Gasteiger partial charge in [0.05, 0.1) is 12.2 Å². The van der Waals surface area contributed by atoms with E-state index in [0.717, 1.165) is 30.6 Å². The van der Waals surface area contributed by atoms with Crippen LogP contribution in [0, 0.1) is 10.1 Å². The molecule has 0 aromatic heterocycles. The highest BCUT2D eigenvalue weighted by molar-refractivity contribution is 5.89. The lowest BCUT2D eigenvalue weighted by molar-refractivity contribution is -0.517. The first-order valence-electron chi connectivity index (χ1n) is 9.29. The highest BCUT2D eigenvalue weighted by atomic mass is 16.6. The highest BCUT2D eigenvalue weighted by Gasteiger charge is 2.21. The Labute approximate surface area is 158 Å². The van der Waals surface area contributed by atoms with Gasteiger partial charge in [0.2, 0.25) is 6.04 Å². The molecule has 2 aromatic carbocycles. The zero-order chi connectivity index (χ0) is 19.2. The number of rotatable bonds is 8. The number of carbonyl (C=O) groups is 1. The van der Waals surface area contributed by atoms with Crippen molar-refractivity contribution in [3.63, 3.8) is 0 Å². The molecule has 0 bridgehead atoms. The van der Waals surface area contributed by atoms with Crippen LogP contribution in [0.3, 0.4) is 0 Å². The zero-order valence-corrected chi connectivity index (χ0v) is 15.4. The third-order valence-electron chi connectivity index (χ3n) is 4.91. The lowest BCUT2D eigenvalue weighted by Gasteiger charge is -2.15. The number of benzene rings is 2. The summed E-state index contributed by atoms with van der Waals surface area (Å²) >= 11 is 0. The van der Waals surface area contributed by atoms with Gasteiger partial charge < -0.3 is 10.1 Å². The Bertz CT molecular complexity index is 820. The first-order valence-corrected chi connectivity index (χ1v) is 9.29. The molecule has 1 aliphatic rings. The van der Waals surface area contributed by atoms with Crippen LogP contribution in [0.4, 0.5) is 5.69 Å². The summed E-state index contributed by atoms with van der Waals surface area (Å²) in [5.74, 6) is -0.322. The molecule has 1 N–H and O–H groups in total. The normalized spacial score (nSPS) is 13.5. The molecular formula is C21H24N2O4. The predicted molar refractivity (Wildman–Crippen MR) is 104 cm³/mol. The van der Waals surface area contributed by atoms with Gasteiger partial charge in [0.15, 0.2) is 0 Å². The number of carbonyl (C=O) groups excluding carboxylic acids is 1. The van der Waals surface area contributed by atoms with Crippen molar-refractivity contribution in [2.75, 3.05) is 18.5 Å². The van der Waals surface area contributed by atoms with Gasteiger partial charge >= 0.3 is 5.97 Å². The van der Waals surface area contributed by atoms with Crippen LogP contribution in [0.15, 0.2) is 42.5 Å². The maximum atomic E-state index is 12.0. The molecule has 0 spiro atoms. The van der Waals surface area contributed by atoms with E-state index in [2.05, 4.69) is 5.32 Å². The van der Waals surface area contributed by atoms with Crippen LogP contribution < -0.4 is 5.32 Å². The molecule has 0 saturated heterocycles. The molecule has 27 heavy (non-hydrogen) atoms. The lowest BCUT2D eigenvalue weighted by Crippen LogP contribution is -2.19. The topological polar surface area (TPSA) is 81.5 Å². The molecule has 6 nitrogen and oxygen atoms in total. The standard InChI is InChI=1S/C21H24N2O4/c1-15(23(25)26)14-17-9-10-20-19(11-12-22-20)18(17)8-5-13-27-21(24)16-6-3-2-4-7-16/h2-4,6-7,9-10,15,22H,5,8,11-14H2,1H3. The van der Waals surface area contributed by atoms with Crippen molar-refractivity contribution in [3.8, 4) is 0 Å². The van der Waals surface area contributed by atoms with E-state index in [4.69, 9.17) is 4.74 Å². The van der Waals surface area contributed by atoms with Crippen molar-refractivity contribution in [1.82, 2.24) is 0 Å². The van der Waals surface area contributed by atoms with Crippen LogP contribution in [0.25, 0.3) is 0 Å². The summed E-state index contributed by atoms with van der Waals surface area (Å²) in [6, 6.07) is 12.3. The quantitative estimate of drug-likeness (QED) is 0.333. The van der Waals surface area contributed by atoms with Gasteiger partial charge in [-0.05, 0) is 54.2 Å². The number of ether oxygens (including phenoxy) is 1. The second-order valence-corrected chi connectivity index (χ2v) is 6.85. The number of esters is 1. The van der Waals surface area contributed by atoms with E-state index in [1.165, 1.54) is 11.1 Å². The van der Waals surface area contributed by atoms with E-state index < -0.39 is 6.04 Å². The average molecular weight is 368 g/mol. The number of anilines is 1. The maximum absolute atomic E-state index is 12.0. The molecule has 0 amide bonds. The van der Waals surface area contributed by atoms with Gasteiger partial charge in [0.1, 0.15) is 0 Å². The van der Waals surface area contributed by atoms with Gasteiger partial charge in [-0.25, -0.2) is 4.79 Å². The Morgan fingerprint density at radius 1 is 1.26 bits per heavy atom. The molecule has 142 valence electrons. The van der Waals surface area contributed by atoms with Crippen LogP contribution in [0.1, 0.15) is 40.4 Å². The molecule has 0 radical (unpaired) electrons. The minimum Gasteiger partial charge on any atom is -0.462 e. The number of nitrogens with one attached hydrogen (secondary N) is 1. The molecule has 1 aliphatic heterocycles. The van der Waals surface area contributed by atoms with Crippen LogP contribution in [-0.4, -0.2) is 30.1 Å². The van der Waals surface area contributed by atoms with E-state index >= 15 is 0 Å². The van der Waals surface area contributed by atoms with Gasteiger partial charge in [-0.15, -0.1) is 0 Å². The Morgan fingerprint density at radius 3 is 2.78 bits per heavy atom. The van der Waals surface area contributed by atoms with Crippen molar-refractivity contribution in [2.24, 2.45) is 0 Å². The van der Waals surface area contributed by atoms with Gasteiger partial charge in [0, 0.05) is 30.5 Å². The second kappa shape index (κ2) is 8.66. The second-order valence-electron chi connectivity index (χ2n) is 6.85. The lowest BCUT2D eigenvalue weighted by atomic mass is 9.92. The molecule has 3 rings (SSSR count). The fourth-order valence-electron chi connectivity index (χ4n) is 3.48. The van der Waals surface area contributed by atoms with Crippen LogP contribution >= 0.6 is 0 Å². The monoisotopic (exact) mass is 368 g/mol. The fraction of sp³-hybridized carbons (Fsp3) is 0.381. The Morgan fingerprint density at radius 2 is 2.04 bits per heavy atom. The smallest absolute Gasteiger partial charge is 0.338 e. The summed E-state index contributed by atoms with van der Waals surface area (Å²) in [7, 11) is 0. The summed E-state index contributed by atoms with van der Waals surface area (Å²) in [6.07, 6.45) is 2.77. The van der Waals surface area contributed by atoms with Crippen molar-refractivity contribution < 1.29 is 14.5 Å². The van der Waals surface area contributed by atoms with E-state index in [1.807, 2.05) is 18.2 Å². The maximum Gasteiger partial charge on any atom is 0.338 e. The number of nitrogens with zero attached hydrogens (tertiary/aromatic N) is 1. The molecule has 0 saturated carbocycles.